The Morgan fingerprint density at radius 3 is 2.93 bits per heavy atom. The van der Waals surface area contributed by atoms with Crippen LogP contribution in [0.1, 0.15) is 29.7 Å². The number of nitrogens with zero attached hydrogens (tertiary/aromatic N) is 4. The lowest BCUT2D eigenvalue weighted by Crippen LogP contribution is -2.28. The van der Waals surface area contributed by atoms with E-state index in [0.29, 0.717) is 18.7 Å². The average molecular weight is 407 g/mol. The molecule has 0 bridgehead atoms. The van der Waals surface area contributed by atoms with Crippen LogP contribution in [0.5, 0.6) is 0 Å². The van der Waals surface area contributed by atoms with Crippen molar-refractivity contribution in [1.29, 1.82) is 0 Å². The van der Waals surface area contributed by atoms with Crippen molar-refractivity contribution in [3.8, 4) is 5.69 Å². The number of aromatic nitrogens is 4. The van der Waals surface area contributed by atoms with Gasteiger partial charge in [0.1, 0.15) is 18.0 Å². The highest BCUT2D eigenvalue weighted by Gasteiger charge is 2.16. The topological polar surface area (TPSA) is 91.0 Å². The van der Waals surface area contributed by atoms with Crippen LogP contribution in [0.4, 0.5) is 0 Å². The number of esters is 1. The van der Waals surface area contributed by atoms with E-state index in [4.69, 9.17) is 4.74 Å². The van der Waals surface area contributed by atoms with Crippen LogP contribution in [0, 0.1) is 0 Å². The second-order valence-electron chi connectivity index (χ2n) is 7.59. The van der Waals surface area contributed by atoms with Crippen molar-refractivity contribution in [2.45, 2.75) is 31.7 Å². The number of hydrogen-bond acceptors (Lipinski definition) is 6. The van der Waals surface area contributed by atoms with Crippen molar-refractivity contribution in [1.82, 2.24) is 24.9 Å². The summed E-state index contributed by atoms with van der Waals surface area (Å²) >= 11 is 0. The summed E-state index contributed by atoms with van der Waals surface area (Å²) in [5, 5.41) is 11.9. The van der Waals surface area contributed by atoms with Gasteiger partial charge in [-0.25, -0.2) is 4.68 Å². The molecule has 4 rings (SSSR count). The summed E-state index contributed by atoms with van der Waals surface area (Å²) in [7, 11) is 1.83. The summed E-state index contributed by atoms with van der Waals surface area (Å²) in [5.41, 5.74) is 2.89. The molecule has 8 nitrogen and oxygen atoms in total. The normalized spacial score (nSPS) is 16.0. The highest BCUT2D eigenvalue weighted by Crippen LogP contribution is 2.11. The third-order valence-electron chi connectivity index (χ3n) is 5.16. The van der Waals surface area contributed by atoms with Crippen LogP contribution in [0.15, 0.2) is 53.7 Å². The Hall–Kier alpha value is -3.26. The first-order valence-electron chi connectivity index (χ1n) is 10.1. The maximum absolute atomic E-state index is 12.3. The number of ether oxygens (including phenoxy) is 1. The van der Waals surface area contributed by atoms with Crippen LogP contribution in [0.3, 0.4) is 0 Å². The summed E-state index contributed by atoms with van der Waals surface area (Å²) in [6, 6.07) is 9.42. The fourth-order valence-electron chi connectivity index (χ4n) is 3.59. The van der Waals surface area contributed by atoms with E-state index in [0.717, 1.165) is 36.2 Å². The molecular weight excluding hydrogens is 382 g/mol. The SMILES string of the molecule is Cn1cc(-n2ccc(=O)c(Cc3cccc(CC(=O)OC[C@H]4CCCN4)c3)n2)cn1. The number of carbonyl (C=O) groups is 1. The molecule has 0 unspecified atom stereocenters. The molecule has 0 radical (unpaired) electrons. The van der Waals surface area contributed by atoms with Crippen LogP contribution >= 0.6 is 0 Å². The van der Waals surface area contributed by atoms with Gasteiger partial charge in [-0.15, -0.1) is 0 Å². The van der Waals surface area contributed by atoms with Gasteiger partial charge in [0.15, 0.2) is 0 Å². The molecule has 0 aliphatic carbocycles. The lowest BCUT2D eigenvalue weighted by molar-refractivity contribution is -0.143. The first-order valence-corrected chi connectivity index (χ1v) is 10.1. The highest BCUT2D eigenvalue weighted by molar-refractivity contribution is 5.72. The smallest absolute Gasteiger partial charge is 0.310 e. The number of rotatable bonds is 7. The van der Waals surface area contributed by atoms with Gasteiger partial charge in [0, 0.05) is 31.8 Å². The van der Waals surface area contributed by atoms with Crippen LogP contribution in [-0.2, 0) is 29.4 Å². The molecule has 0 amide bonds. The molecule has 2 aromatic heterocycles. The predicted octanol–water partition coefficient (Wildman–Crippen LogP) is 1.39. The van der Waals surface area contributed by atoms with Crippen molar-refractivity contribution >= 4 is 5.97 Å². The Bertz CT molecular complexity index is 1080. The molecule has 1 aromatic carbocycles. The Morgan fingerprint density at radius 1 is 1.30 bits per heavy atom. The molecule has 8 heteroatoms. The number of hydrogen-bond donors (Lipinski definition) is 1. The molecule has 1 saturated heterocycles. The van der Waals surface area contributed by atoms with Gasteiger partial charge in [-0.3, -0.25) is 14.3 Å². The van der Waals surface area contributed by atoms with E-state index in [2.05, 4.69) is 15.5 Å². The minimum atomic E-state index is -0.238. The van der Waals surface area contributed by atoms with Gasteiger partial charge in [-0.1, -0.05) is 24.3 Å². The van der Waals surface area contributed by atoms with Crippen molar-refractivity contribution in [2.24, 2.45) is 7.05 Å². The highest BCUT2D eigenvalue weighted by atomic mass is 16.5. The fourth-order valence-corrected chi connectivity index (χ4v) is 3.59. The Labute approximate surface area is 174 Å². The lowest BCUT2D eigenvalue weighted by atomic mass is 10.0. The first-order chi connectivity index (χ1) is 14.6. The molecule has 1 atom stereocenters. The molecule has 3 aromatic rings. The average Bonchev–Trinajstić information content (AvgIpc) is 3.40. The van der Waals surface area contributed by atoms with Crippen LogP contribution in [-0.4, -0.2) is 44.7 Å². The number of aryl methyl sites for hydroxylation is 1. The van der Waals surface area contributed by atoms with Crippen molar-refractivity contribution in [2.75, 3.05) is 13.2 Å². The van der Waals surface area contributed by atoms with Gasteiger partial charge < -0.3 is 10.1 Å². The summed E-state index contributed by atoms with van der Waals surface area (Å²) in [6.45, 7) is 1.40. The third kappa shape index (κ3) is 5.01. The van der Waals surface area contributed by atoms with E-state index < -0.39 is 0 Å². The van der Waals surface area contributed by atoms with Crippen molar-refractivity contribution in [3.05, 3.63) is 76.0 Å². The van der Waals surface area contributed by atoms with E-state index in [-0.39, 0.29) is 23.9 Å². The minimum Gasteiger partial charge on any atom is -0.464 e. The molecule has 3 heterocycles. The summed E-state index contributed by atoms with van der Waals surface area (Å²) in [4.78, 5) is 24.5. The summed E-state index contributed by atoms with van der Waals surface area (Å²) in [5.74, 6) is -0.238. The molecular formula is C22H25N5O3. The second kappa shape index (κ2) is 9.04. The maximum Gasteiger partial charge on any atom is 0.310 e. The summed E-state index contributed by atoms with van der Waals surface area (Å²) < 4.78 is 8.72. The van der Waals surface area contributed by atoms with Crippen LogP contribution in [0.2, 0.25) is 0 Å². The predicted molar refractivity (Wildman–Crippen MR) is 112 cm³/mol. The Balaban J connectivity index is 1.42. The first kappa shape index (κ1) is 20.0. The number of carbonyl (C=O) groups excluding carboxylic acids is 1. The minimum absolute atomic E-state index is 0.121. The van der Waals surface area contributed by atoms with Crippen LogP contribution in [0.25, 0.3) is 5.69 Å². The standard InChI is InChI=1S/C22H25N5O3/c1-26-14-19(13-24-26)27-9-7-21(28)20(25-27)11-16-4-2-5-17(10-16)12-22(29)30-15-18-6-3-8-23-18/h2,4-5,7,9-10,13-14,18,23H,3,6,8,11-12,15H2,1H3/t18-/m1/s1. The zero-order chi connectivity index (χ0) is 20.9. The molecule has 0 saturated carbocycles. The van der Waals surface area contributed by atoms with Gasteiger partial charge in [0.25, 0.3) is 0 Å². The molecule has 0 spiro atoms. The number of benzene rings is 1. The Kier molecular flexibility index (Phi) is 6.04. The molecule has 30 heavy (non-hydrogen) atoms. The van der Waals surface area contributed by atoms with E-state index in [1.165, 1.54) is 6.07 Å². The zero-order valence-corrected chi connectivity index (χ0v) is 17.0. The van der Waals surface area contributed by atoms with Crippen LogP contribution < -0.4 is 10.7 Å². The molecule has 1 aliphatic heterocycles. The summed E-state index contributed by atoms with van der Waals surface area (Å²) in [6.07, 6.45) is 7.92. The molecule has 1 aliphatic rings. The van der Waals surface area contributed by atoms with Gasteiger partial charge >= 0.3 is 5.97 Å². The van der Waals surface area contributed by atoms with Gasteiger partial charge in [-0.05, 0) is 30.5 Å². The van der Waals surface area contributed by atoms with Crippen molar-refractivity contribution in [3.63, 3.8) is 0 Å². The Morgan fingerprint density at radius 2 is 2.17 bits per heavy atom. The second-order valence-corrected chi connectivity index (χ2v) is 7.59. The van der Waals surface area contributed by atoms with Crippen molar-refractivity contribution < 1.29 is 9.53 Å². The van der Waals surface area contributed by atoms with Gasteiger partial charge in [-0.2, -0.15) is 10.2 Å². The fraction of sp³-hybridized carbons (Fsp3) is 0.364. The molecule has 1 N–H and O–H groups in total. The largest absolute Gasteiger partial charge is 0.464 e. The molecule has 1 fully saturated rings. The monoisotopic (exact) mass is 407 g/mol. The quantitative estimate of drug-likeness (QED) is 0.596. The molecule has 156 valence electrons. The van der Waals surface area contributed by atoms with E-state index in [1.807, 2.05) is 37.5 Å². The van der Waals surface area contributed by atoms with E-state index in [9.17, 15) is 9.59 Å². The van der Waals surface area contributed by atoms with Gasteiger partial charge in [0.2, 0.25) is 5.43 Å². The van der Waals surface area contributed by atoms with E-state index in [1.54, 1.807) is 21.8 Å². The zero-order valence-electron chi connectivity index (χ0n) is 17.0. The third-order valence-corrected chi connectivity index (χ3v) is 5.16. The lowest BCUT2D eigenvalue weighted by Gasteiger charge is -2.11. The number of nitrogens with one attached hydrogen (secondary N) is 1. The van der Waals surface area contributed by atoms with E-state index >= 15 is 0 Å². The van der Waals surface area contributed by atoms with Gasteiger partial charge in [0.05, 0.1) is 18.8 Å². The maximum atomic E-state index is 12.3.